The van der Waals surface area contributed by atoms with Gasteiger partial charge in [0, 0.05) is 38.8 Å². The minimum atomic E-state index is 0. The first kappa shape index (κ1) is 33.8. The molecule has 2 atom stereocenters. The van der Waals surface area contributed by atoms with E-state index < -0.39 is 0 Å². The van der Waals surface area contributed by atoms with Gasteiger partial charge in [-0.1, -0.05) is 20.3 Å². The maximum atomic E-state index is 3.27. The van der Waals surface area contributed by atoms with E-state index in [2.05, 4.69) is 65.1 Å². The number of piperidine rings is 3. The number of hydrogen-bond acceptors (Lipinski definition) is 6. The van der Waals surface area contributed by atoms with E-state index in [-0.39, 0.29) is 7.43 Å². The number of nitrogens with one attached hydrogen (secondary N) is 1. The molecule has 216 valence electrons. The van der Waals surface area contributed by atoms with Gasteiger partial charge < -0.3 is 29.8 Å². The van der Waals surface area contributed by atoms with Gasteiger partial charge in [0.15, 0.2) is 0 Å². The Labute approximate surface area is 227 Å². The standard InChI is InChI=1S/C7H13N.2C6H13N.C5H12N2.C5H11N.CH4/c1-8-5-6-2-3-7(8)4-6;2*1-7-5-3-2-4-6-7;1-7-4-2-6-3-5-7;1-6-4-2-3-5-6;/h6-7H,2-5H2,1H3;2*2-6H2,1H3;6H,2-5H2,1H3;2-5H2,1H3;1H4. The monoisotopic (exact) mass is 511 g/mol. The van der Waals surface area contributed by atoms with E-state index in [1.165, 1.54) is 130 Å². The molecular weight excluding hydrogens is 444 g/mol. The number of nitrogens with zero attached hydrogens (tertiary/aromatic N) is 5. The molecule has 0 aromatic heterocycles. The number of hydrogen-bond donors (Lipinski definition) is 1. The van der Waals surface area contributed by atoms with E-state index in [0.29, 0.717) is 0 Å². The molecule has 6 fully saturated rings. The SMILES string of the molecule is C.CN1CC2CCC1C2.CN1CCCC1.CN1CCCCC1.CN1CCCCC1.CN1CCNCC1. The lowest BCUT2D eigenvalue weighted by atomic mass is 10.1. The van der Waals surface area contributed by atoms with Crippen molar-refractivity contribution in [3.05, 3.63) is 0 Å². The van der Waals surface area contributed by atoms with Crippen molar-refractivity contribution in [2.45, 2.75) is 84.1 Å². The lowest BCUT2D eigenvalue weighted by Gasteiger charge is -2.21. The van der Waals surface area contributed by atoms with Crippen molar-refractivity contribution in [2.75, 3.05) is 107 Å². The topological polar surface area (TPSA) is 28.2 Å². The fourth-order valence-corrected chi connectivity index (χ4v) is 5.93. The Bertz CT molecular complexity index is 440. The van der Waals surface area contributed by atoms with Crippen LogP contribution in [0, 0.1) is 5.92 Å². The largest absolute Gasteiger partial charge is 0.314 e. The summed E-state index contributed by atoms with van der Waals surface area (Å²) in [4.78, 5) is 12.0. The van der Waals surface area contributed by atoms with Crippen LogP contribution in [0.25, 0.3) is 0 Å². The maximum Gasteiger partial charge on any atom is 0.0104 e. The third kappa shape index (κ3) is 15.9. The van der Waals surface area contributed by atoms with Crippen molar-refractivity contribution < 1.29 is 0 Å². The van der Waals surface area contributed by atoms with Gasteiger partial charge in [0.05, 0.1) is 0 Å². The molecule has 36 heavy (non-hydrogen) atoms. The number of likely N-dealkylation sites (tertiary alicyclic amines) is 4. The van der Waals surface area contributed by atoms with Crippen molar-refractivity contribution in [1.82, 2.24) is 29.8 Å². The van der Waals surface area contributed by atoms with Crippen molar-refractivity contribution in [3.63, 3.8) is 0 Å². The Morgan fingerprint density at radius 1 is 0.500 bits per heavy atom. The highest BCUT2D eigenvalue weighted by atomic mass is 15.2. The summed E-state index contributed by atoms with van der Waals surface area (Å²) < 4.78 is 0. The Balaban J connectivity index is 0.000000224. The van der Waals surface area contributed by atoms with Gasteiger partial charge in [0.1, 0.15) is 0 Å². The second kappa shape index (κ2) is 20.7. The average Bonchev–Trinajstić information content (AvgIpc) is 3.61. The summed E-state index contributed by atoms with van der Waals surface area (Å²) >= 11 is 0. The van der Waals surface area contributed by atoms with Gasteiger partial charge in [-0.3, -0.25) is 0 Å². The molecular formula is C30H66N6. The summed E-state index contributed by atoms with van der Waals surface area (Å²) in [6, 6.07) is 0.972. The number of rotatable bonds is 0. The third-order valence-electron chi connectivity index (χ3n) is 8.51. The Hall–Kier alpha value is -0.240. The fourth-order valence-electron chi connectivity index (χ4n) is 5.93. The molecule has 0 spiro atoms. The highest BCUT2D eigenvalue weighted by Crippen LogP contribution is 2.35. The van der Waals surface area contributed by atoms with Crippen molar-refractivity contribution >= 4 is 0 Å². The predicted molar refractivity (Wildman–Crippen MR) is 160 cm³/mol. The lowest BCUT2D eigenvalue weighted by molar-refractivity contribution is 0.261. The first-order chi connectivity index (χ1) is 16.9. The van der Waals surface area contributed by atoms with E-state index in [1.54, 1.807) is 0 Å². The second-order valence-electron chi connectivity index (χ2n) is 12.1. The van der Waals surface area contributed by atoms with E-state index in [1.807, 2.05) is 0 Å². The summed E-state index contributed by atoms with van der Waals surface area (Å²) in [7, 11) is 11.0. The van der Waals surface area contributed by atoms with Crippen molar-refractivity contribution in [2.24, 2.45) is 5.92 Å². The molecule has 0 aromatic rings. The molecule has 1 N–H and O–H groups in total. The minimum absolute atomic E-state index is 0. The molecule has 5 saturated heterocycles. The Morgan fingerprint density at radius 3 is 1.06 bits per heavy atom. The van der Waals surface area contributed by atoms with Crippen LogP contribution in [0.1, 0.15) is 78.1 Å². The normalized spacial score (nSPS) is 29.2. The molecule has 6 aliphatic rings. The summed E-state index contributed by atoms with van der Waals surface area (Å²) in [5.74, 6) is 1.07. The first-order valence-electron chi connectivity index (χ1n) is 15.1. The van der Waals surface area contributed by atoms with Gasteiger partial charge in [-0.2, -0.15) is 0 Å². The zero-order valence-corrected chi connectivity index (χ0v) is 24.4. The molecule has 6 nitrogen and oxygen atoms in total. The van der Waals surface area contributed by atoms with E-state index in [9.17, 15) is 0 Å². The van der Waals surface area contributed by atoms with Crippen LogP contribution in [-0.2, 0) is 0 Å². The molecule has 0 radical (unpaired) electrons. The van der Waals surface area contributed by atoms with Crippen LogP contribution in [0.15, 0.2) is 0 Å². The highest BCUT2D eigenvalue weighted by molar-refractivity contribution is 4.89. The summed E-state index contributed by atoms with van der Waals surface area (Å²) in [6.07, 6.45) is 15.9. The predicted octanol–water partition coefficient (Wildman–Crippen LogP) is 4.17. The summed E-state index contributed by atoms with van der Waals surface area (Å²) in [6.45, 7) is 14.0. The summed E-state index contributed by atoms with van der Waals surface area (Å²) in [5.41, 5.74) is 0. The molecule has 0 amide bonds. The van der Waals surface area contributed by atoms with Gasteiger partial charge >= 0.3 is 0 Å². The maximum absolute atomic E-state index is 3.27. The van der Waals surface area contributed by atoms with E-state index >= 15 is 0 Å². The molecule has 1 saturated carbocycles. The minimum Gasteiger partial charge on any atom is -0.314 e. The van der Waals surface area contributed by atoms with Crippen LogP contribution in [0.3, 0.4) is 0 Å². The Morgan fingerprint density at radius 2 is 0.889 bits per heavy atom. The number of fused-ring (bicyclic) bond motifs is 2. The number of piperazine rings is 1. The fraction of sp³-hybridized carbons (Fsp3) is 1.00. The molecule has 5 heterocycles. The van der Waals surface area contributed by atoms with Crippen LogP contribution in [0.5, 0.6) is 0 Å². The van der Waals surface area contributed by atoms with Crippen LogP contribution < -0.4 is 5.32 Å². The van der Waals surface area contributed by atoms with Gasteiger partial charge in [0.2, 0.25) is 0 Å². The third-order valence-corrected chi connectivity index (χ3v) is 8.51. The number of likely N-dealkylation sites (N-methyl/N-ethyl adjacent to an activating group) is 1. The molecule has 6 heteroatoms. The van der Waals surface area contributed by atoms with Gasteiger partial charge in [-0.15, -0.1) is 0 Å². The zero-order valence-electron chi connectivity index (χ0n) is 24.4. The quantitative estimate of drug-likeness (QED) is 0.526. The smallest absolute Gasteiger partial charge is 0.0104 e. The van der Waals surface area contributed by atoms with Crippen LogP contribution in [0.2, 0.25) is 0 Å². The van der Waals surface area contributed by atoms with Gasteiger partial charge in [-0.25, -0.2) is 0 Å². The van der Waals surface area contributed by atoms with Gasteiger partial charge in [-0.05, 0) is 138 Å². The molecule has 1 aliphatic carbocycles. The molecule has 5 aliphatic heterocycles. The van der Waals surface area contributed by atoms with Crippen LogP contribution in [-0.4, -0.2) is 138 Å². The zero-order chi connectivity index (χ0) is 25.3. The average molecular weight is 511 g/mol. The Kier molecular flexibility index (Phi) is 19.4. The summed E-state index contributed by atoms with van der Waals surface area (Å²) in [5, 5.41) is 3.27. The first-order valence-corrected chi connectivity index (χ1v) is 15.1. The molecule has 2 unspecified atom stereocenters. The second-order valence-corrected chi connectivity index (χ2v) is 12.1. The molecule has 0 aromatic carbocycles. The molecule has 6 rings (SSSR count). The van der Waals surface area contributed by atoms with E-state index in [0.717, 1.165) is 25.0 Å². The van der Waals surface area contributed by atoms with Crippen molar-refractivity contribution in [3.8, 4) is 0 Å². The van der Waals surface area contributed by atoms with Crippen LogP contribution >= 0.6 is 0 Å². The highest BCUT2D eigenvalue weighted by Gasteiger charge is 2.35. The van der Waals surface area contributed by atoms with Gasteiger partial charge in [0.25, 0.3) is 0 Å². The van der Waals surface area contributed by atoms with Crippen LogP contribution in [0.4, 0.5) is 0 Å². The van der Waals surface area contributed by atoms with Crippen molar-refractivity contribution in [1.29, 1.82) is 0 Å². The lowest BCUT2D eigenvalue weighted by Crippen LogP contribution is -2.40. The molecule has 2 bridgehead atoms. The van der Waals surface area contributed by atoms with E-state index in [4.69, 9.17) is 0 Å².